The molecule has 0 aromatic heterocycles. The topological polar surface area (TPSA) is 61.7 Å². The van der Waals surface area contributed by atoms with E-state index >= 15 is 0 Å². The first-order chi connectivity index (χ1) is 11.2. The molecule has 116 valence electrons. The van der Waals surface area contributed by atoms with Crippen LogP contribution in [0.25, 0.3) is 6.08 Å². The molecule has 0 unspecified atom stereocenters. The molecule has 3 rings (SSSR count). The van der Waals surface area contributed by atoms with Crippen molar-refractivity contribution < 1.29 is 9.90 Å². The van der Waals surface area contributed by atoms with Crippen LogP contribution in [0.2, 0.25) is 0 Å². The van der Waals surface area contributed by atoms with Gasteiger partial charge in [0.05, 0.1) is 10.6 Å². The van der Waals surface area contributed by atoms with Crippen molar-refractivity contribution in [2.24, 2.45) is 4.99 Å². The number of carbonyl (C=O) groups is 1. The minimum Gasteiger partial charge on any atom is -0.507 e. The molecule has 0 spiro atoms. The Kier molecular flexibility index (Phi) is 4.48. The van der Waals surface area contributed by atoms with E-state index in [1.165, 1.54) is 11.8 Å². The first kappa shape index (κ1) is 15.4. The lowest BCUT2D eigenvalue weighted by Gasteiger charge is -2.02. The number of aliphatic imine (C=N–C) groups is 1. The highest BCUT2D eigenvalue weighted by Crippen LogP contribution is 2.30. The van der Waals surface area contributed by atoms with Crippen molar-refractivity contribution in [3.63, 3.8) is 0 Å². The molecule has 0 aliphatic carbocycles. The van der Waals surface area contributed by atoms with E-state index in [0.717, 1.165) is 17.7 Å². The summed E-state index contributed by atoms with van der Waals surface area (Å²) in [6.45, 7) is 2.07. The van der Waals surface area contributed by atoms with E-state index < -0.39 is 0 Å². The maximum atomic E-state index is 12.1. The number of phenols is 1. The molecule has 1 aliphatic rings. The number of phenolic OH excluding ortho intramolecular Hbond substituents is 1. The van der Waals surface area contributed by atoms with Gasteiger partial charge < -0.3 is 10.4 Å². The van der Waals surface area contributed by atoms with Crippen LogP contribution in [0.15, 0.2) is 58.4 Å². The number of nitrogens with zero attached hydrogens (tertiary/aromatic N) is 1. The molecule has 5 heteroatoms. The largest absolute Gasteiger partial charge is 0.507 e. The molecule has 1 fully saturated rings. The number of amidine groups is 1. The molecule has 0 radical (unpaired) electrons. The molecule has 2 aromatic carbocycles. The van der Waals surface area contributed by atoms with Crippen molar-refractivity contribution >= 4 is 34.6 Å². The van der Waals surface area contributed by atoms with Crippen LogP contribution in [0.4, 0.5) is 5.69 Å². The summed E-state index contributed by atoms with van der Waals surface area (Å²) >= 11 is 1.28. The Morgan fingerprint density at radius 2 is 1.91 bits per heavy atom. The number of aromatic hydroxyl groups is 1. The van der Waals surface area contributed by atoms with Gasteiger partial charge in [-0.25, -0.2) is 4.99 Å². The average molecular weight is 324 g/mol. The Morgan fingerprint density at radius 3 is 2.70 bits per heavy atom. The summed E-state index contributed by atoms with van der Waals surface area (Å²) in [4.78, 5) is 17.1. The van der Waals surface area contributed by atoms with Gasteiger partial charge in [-0.15, -0.1) is 0 Å². The normalized spacial score (nSPS) is 17.7. The number of thioether (sulfide) groups is 1. The maximum Gasteiger partial charge on any atom is 0.264 e. The Morgan fingerprint density at radius 1 is 1.17 bits per heavy atom. The van der Waals surface area contributed by atoms with Crippen LogP contribution in [-0.4, -0.2) is 16.2 Å². The highest BCUT2D eigenvalue weighted by molar-refractivity contribution is 8.18. The molecule has 0 bridgehead atoms. The number of rotatable bonds is 3. The lowest BCUT2D eigenvalue weighted by Crippen LogP contribution is -2.19. The van der Waals surface area contributed by atoms with Crippen molar-refractivity contribution in [3.05, 3.63) is 64.6 Å². The highest BCUT2D eigenvalue weighted by Gasteiger charge is 2.24. The van der Waals surface area contributed by atoms with Gasteiger partial charge in [-0.05, 0) is 42.0 Å². The van der Waals surface area contributed by atoms with Crippen molar-refractivity contribution in [2.75, 3.05) is 0 Å². The lowest BCUT2D eigenvalue weighted by molar-refractivity contribution is -0.115. The van der Waals surface area contributed by atoms with Crippen LogP contribution in [0.1, 0.15) is 18.1 Å². The molecule has 1 aliphatic heterocycles. The molecule has 1 amide bonds. The van der Waals surface area contributed by atoms with Crippen molar-refractivity contribution in [3.8, 4) is 5.75 Å². The molecular formula is C18H16N2O2S. The average Bonchev–Trinajstić information content (AvgIpc) is 2.89. The SMILES string of the molecule is CCc1ccccc1N=C1NC(=O)/C(=C/c2ccccc2O)S1. The summed E-state index contributed by atoms with van der Waals surface area (Å²) in [7, 11) is 0. The highest BCUT2D eigenvalue weighted by atomic mass is 32.2. The molecule has 4 nitrogen and oxygen atoms in total. The van der Waals surface area contributed by atoms with Crippen LogP contribution < -0.4 is 5.32 Å². The second-order valence-corrected chi connectivity index (χ2v) is 6.05. The fourth-order valence-electron chi connectivity index (χ4n) is 2.26. The summed E-state index contributed by atoms with van der Waals surface area (Å²) in [5, 5.41) is 13.1. The van der Waals surface area contributed by atoms with Gasteiger partial charge in [0.1, 0.15) is 5.75 Å². The number of amides is 1. The summed E-state index contributed by atoms with van der Waals surface area (Å²) in [5.74, 6) is -0.0545. The van der Waals surface area contributed by atoms with E-state index in [1.807, 2.05) is 30.3 Å². The van der Waals surface area contributed by atoms with Gasteiger partial charge in [0.2, 0.25) is 0 Å². The molecule has 0 atom stereocenters. The number of carbonyl (C=O) groups excluding carboxylic acids is 1. The van der Waals surface area contributed by atoms with Crippen molar-refractivity contribution in [2.45, 2.75) is 13.3 Å². The van der Waals surface area contributed by atoms with Crippen LogP contribution in [-0.2, 0) is 11.2 Å². The molecule has 0 saturated carbocycles. The molecule has 1 heterocycles. The van der Waals surface area contributed by atoms with Crippen LogP contribution in [0, 0.1) is 0 Å². The van der Waals surface area contributed by atoms with Gasteiger partial charge in [-0.2, -0.15) is 0 Å². The van der Waals surface area contributed by atoms with Gasteiger partial charge in [-0.3, -0.25) is 4.79 Å². The smallest absolute Gasteiger partial charge is 0.264 e. The minimum absolute atomic E-state index is 0.148. The fraction of sp³-hybridized carbons (Fsp3) is 0.111. The molecule has 23 heavy (non-hydrogen) atoms. The van der Waals surface area contributed by atoms with Gasteiger partial charge in [0, 0.05) is 5.56 Å². The van der Waals surface area contributed by atoms with Crippen molar-refractivity contribution in [1.82, 2.24) is 5.32 Å². The third kappa shape index (κ3) is 3.46. The second-order valence-electron chi connectivity index (χ2n) is 5.02. The number of aryl methyl sites for hydroxylation is 1. The summed E-state index contributed by atoms with van der Waals surface area (Å²) in [5.41, 5.74) is 2.61. The Bertz CT molecular complexity index is 812. The number of hydrogen-bond donors (Lipinski definition) is 2. The number of nitrogens with one attached hydrogen (secondary N) is 1. The summed E-state index contributed by atoms with van der Waals surface area (Å²) in [6.07, 6.45) is 2.55. The summed E-state index contributed by atoms with van der Waals surface area (Å²) < 4.78 is 0. The second kappa shape index (κ2) is 6.71. The van der Waals surface area contributed by atoms with Gasteiger partial charge in [0.15, 0.2) is 5.17 Å². The third-order valence-electron chi connectivity index (χ3n) is 3.47. The molecular weight excluding hydrogens is 308 g/mol. The Balaban J connectivity index is 1.88. The molecule has 1 saturated heterocycles. The van der Waals surface area contributed by atoms with Gasteiger partial charge in [0.25, 0.3) is 5.91 Å². The zero-order chi connectivity index (χ0) is 16.2. The molecule has 2 N–H and O–H groups in total. The van der Waals surface area contributed by atoms with E-state index in [2.05, 4.69) is 17.2 Å². The zero-order valence-electron chi connectivity index (χ0n) is 12.6. The maximum absolute atomic E-state index is 12.1. The van der Waals surface area contributed by atoms with E-state index in [4.69, 9.17) is 0 Å². The molecule has 2 aromatic rings. The predicted molar refractivity (Wildman–Crippen MR) is 94.7 cm³/mol. The van der Waals surface area contributed by atoms with Gasteiger partial charge >= 0.3 is 0 Å². The standard InChI is InChI=1S/C18H16N2O2S/c1-2-12-7-3-5-9-14(12)19-18-20-17(22)16(23-18)11-13-8-4-6-10-15(13)21/h3-11,21H,2H2,1H3,(H,19,20,22)/b16-11-. The zero-order valence-corrected chi connectivity index (χ0v) is 13.4. The summed E-state index contributed by atoms with van der Waals surface area (Å²) in [6, 6.07) is 14.8. The number of benzene rings is 2. The number of hydrogen-bond acceptors (Lipinski definition) is 4. The minimum atomic E-state index is -0.203. The Labute approximate surface area is 139 Å². The van der Waals surface area contributed by atoms with E-state index in [9.17, 15) is 9.90 Å². The predicted octanol–water partition coefficient (Wildman–Crippen LogP) is 3.85. The quantitative estimate of drug-likeness (QED) is 0.843. The first-order valence-corrected chi connectivity index (χ1v) is 8.14. The third-order valence-corrected chi connectivity index (χ3v) is 4.38. The first-order valence-electron chi connectivity index (χ1n) is 7.33. The lowest BCUT2D eigenvalue weighted by atomic mass is 10.1. The van der Waals surface area contributed by atoms with Crippen molar-refractivity contribution in [1.29, 1.82) is 0 Å². The van der Waals surface area contributed by atoms with Crippen LogP contribution in [0.3, 0.4) is 0 Å². The van der Waals surface area contributed by atoms with Crippen LogP contribution >= 0.6 is 11.8 Å². The van der Waals surface area contributed by atoms with E-state index in [-0.39, 0.29) is 11.7 Å². The van der Waals surface area contributed by atoms with E-state index in [0.29, 0.717) is 15.6 Å². The van der Waals surface area contributed by atoms with Gasteiger partial charge in [-0.1, -0.05) is 43.3 Å². The fourth-order valence-corrected chi connectivity index (χ4v) is 3.09. The van der Waals surface area contributed by atoms with Crippen LogP contribution in [0.5, 0.6) is 5.75 Å². The Hall–Kier alpha value is -2.53. The number of para-hydroxylation sites is 2. The monoisotopic (exact) mass is 324 g/mol. The van der Waals surface area contributed by atoms with E-state index in [1.54, 1.807) is 24.3 Å².